The number of hydrogen-bond donors (Lipinski definition) is 0. The van der Waals surface area contributed by atoms with Gasteiger partial charge in [-0.05, 0) is 72.0 Å². The molecule has 0 amide bonds. The van der Waals surface area contributed by atoms with Gasteiger partial charge in [0.2, 0.25) is 0 Å². The third-order valence-corrected chi connectivity index (χ3v) is 10.2. The van der Waals surface area contributed by atoms with Crippen molar-refractivity contribution in [3.8, 4) is 0 Å². The van der Waals surface area contributed by atoms with E-state index in [-0.39, 0.29) is 48.5 Å². The van der Waals surface area contributed by atoms with Gasteiger partial charge in [-0.15, -0.1) is 0 Å². The van der Waals surface area contributed by atoms with Crippen LogP contribution in [0.25, 0.3) is 0 Å². The van der Waals surface area contributed by atoms with Crippen LogP contribution in [-0.2, 0) is 26.2 Å². The summed E-state index contributed by atoms with van der Waals surface area (Å²) in [6.45, 7) is 26.7. The van der Waals surface area contributed by atoms with Crippen LogP contribution in [0.3, 0.4) is 0 Å². The summed E-state index contributed by atoms with van der Waals surface area (Å²) in [7, 11) is 0. The van der Waals surface area contributed by atoms with Gasteiger partial charge in [0.25, 0.3) is 0 Å². The van der Waals surface area contributed by atoms with E-state index in [1.807, 2.05) is 55.4 Å². The normalized spacial score (nSPS) is 29.7. The predicted molar refractivity (Wildman–Crippen MR) is 169 cm³/mol. The monoisotopic (exact) mass is 585 g/mol. The molecule has 4 atom stereocenters. The fourth-order valence-corrected chi connectivity index (χ4v) is 7.70. The Bertz CT molecular complexity index is 382. The first-order valence-corrected chi connectivity index (χ1v) is 15.4. The van der Waals surface area contributed by atoms with Crippen LogP contribution >= 0.6 is 0 Å². The average Bonchev–Trinajstić information content (AvgIpc) is 3.49. The predicted octanol–water partition coefficient (Wildman–Crippen LogP) is 12.9. The Labute approximate surface area is 253 Å². The third-order valence-electron chi connectivity index (χ3n) is 10.2. The van der Waals surface area contributed by atoms with Gasteiger partial charge < -0.3 is 22.3 Å². The van der Waals surface area contributed by atoms with Crippen molar-refractivity contribution >= 4 is 0 Å². The molecule has 4 aliphatic carbocycles. The summed E-state index contributed by atoms with van der Waals surface area (Å²) in [6, 6.07) is 0. The molecule has 0 nitrogen and oxygen atoms in total. The molecule has 4 rings (SSSR count). The van der Waals surface area contributed by atoms with Crippen LogP contribution < -0.4 is 0 Å². The third kappa shape index (κ3) is 11.2. The van der Waals surface area contributed by atoms with Crippen molar-refractivity contribution in [2.45, 2.75) is 160 Å². The summed E-state index contributed by atoms with van der Waals surface area (Å²) in [5.41, 5.74) is 1.03. The minimum Gasteiger partial charge on any atom is -0.358 e. The van der Waals surface area contributed by atoms with Gasteiger partial charge in [0, 0.05) is 0 Å². The van der Waals surface area contributed by atoms with Crippen LogP contribution in [-0.4, -0.2) is 0 Å². The van der Waals surface area contributed by atoms with E-state index in [4.69, 9.17) is 0 Å². The molecule has 0 aliphatic heterocycles. The minimum absolute atomic E-state index is 0. The van der Waals surface area contributed by atoms with Gasteiger partial charge in [0.15, 0.2) is 0 Å². The van der Waals surface area contributed by atoms with Crippen LogP contribution in [0.15, 0.2) is 0 Å². The minimum atomic E-state index is 0. The summed E-state index contributed by atoms with van der Waals surface area (Å²) >= 11 is 0. The van der Waals surface area contributed by atoms with Gasteiger partial charge in [0.1, 0.15) is 0 Å². The topological polar surface area (TPSA) is 0 Å². The molecule has 0 aromatic carbocycles. The Balaban J connectivity index is -0.000000245. The molecule has 4 aliphatic rings. The second-order valence-corrected chi connectivity index (χ2v) is 11.4. The summed E-state index contributed by atoms with van der Waals surface area (Å²) in [6.07, 6.45) is 18.5. The molecule has 4 unspecified atom stereocenters. The molecule has 0 aromatic rings. The molecule has 1 radical (unpaired) electrons. The summed E-state index contributed by atoms with van der Waals surface area (Å²) in [4.78, 5) is 0. The van der Waals surface area contributed by atoms with Gasteiger partial charge in [-0.3, -0.25) is 0 Å². The molecule has 0 bridgehead atoms. The van der Waals surface area contributed by atoms with Gasteiger partial charge >= 0.3 is 26.2 Å². The SMILES string of the molecule is CC.CC.CC.CC.CC(C)(C1CC2CCCCC2C1)C(C)(C)C1CC2CCCCC2C1.[CH3-].[CH3-].[CH3-].[Zr+3]. The second kappa shape index (κ2) is 23.7. The van der Waals surface area contributed by atoms with Crippen molar-refractivity contribution in [2.75, 3.05) is 0 Å². The Morgan fingerprint density at radius 2 is 0.556 bits per heavy atom. The zero-order chi connectivity index (χ0) is 24.9. The van der Waals surface area contributed by atoms with E-state index in [0.717, 1.165) is 35.5 Å². The van der Waals surface area contributed by atoms with Crippen molar-refractivity contribution in [1.29, 1.82) is 0 Å². The molecular formula is C35H75Zr. The first kappa shape index (κ1) is 46.7. The Hall–Kier alpha value is 0.883. The zero-order valence-corrected chi connectivity index (χ0v) is 30.9. The fourth-order valence-electron chi connectivity index (χ4n) is 7.70. The summed E-state index contributed by atoms with van der Waals surface area (Å²) < 4.78 is 0. The van der Waals surface area contributed by atoms with Gasteiger partial charge in [0.05, 0.1) is 0 Å². The van der Waals surface area contributed by atoms with Crippen LogP contribution in [0.2, 0.25) is 0 Å². The van der Waals surface area contributed by atoms with Crippen LogP contribution in [0.5, 0.6) is 0 Å². The first-order chi connectivity index (χ1) is 15.4. The van der Waals surface area contributed by atoms with E-state index in [0.29, 0.717) is 10.8 Å². The molecule has 4 saturated carbocycles. The maximum Gasteiger partial charge on any atom is 3.00 e. The number of rotatable bonds is 3. The van der Waals surface area contributed by atoms with E-state index in [1.165, 1.54) is 25.7 Å². The van der Waals surface area contributed by atoms with Crippen LogP contribution in [0.1, 0.15) is 160 Å². The van der Waals surface area contributed by atoms with Gasteiger partial charge in [-0.25, -0.2) is 0 Å². The molecule has 0 heterocycles. The molecule has 0 N–H and O–H groups in total. The smallest absolute Gasteiger partial charge is 0.358 e. The van der Waals surface area contributed by atoms with Gasteiger partial charge in [-0.1, -0.05) is 134 Å². The molecule has 0 spiro atoms. The average molecular weight is 587 g/mol. The van der Waals surface area contributed by atoms with Crippen LogP contribution in [0.4, 0.5) is 0 Å². The molecule has 0 saturated heterocycles. The molecule has 219 valence electrons. The molecular weight excluding hydrogens is 512 g/mol. The van der Waals surface area contributed by atoms with Crippen molar-refractivity contribution in [2.24, 2.45) is 46.3 Å². The zero-order valence-electron chi connectivity index (χ0n) is 28.4. The molecule has 4 fully saturated rings. The quantitative estimate of drug-likeness (QED) is 0.288. The van der Waals surface area contributed by atoms with Crippen molar-refractivity contribution in [1.82, 2.24) is 0 Å². The van der Waals surface area contributed by atoms with E-state index < -0.39 is 0 Å². The maximum atomic E-state index is 2.66. The van der Waals surface area contributed by atoms with Gasteiger partial charge in [-0.2, -0.15) is 0 Å². The largest absolute Gasteiger partial charge is 3.00 e. The van der Waals surface area contributed by atoms with E-state index in [9.17, 15) is 0 Å². The molecule has 36 heavy (non-hydrogen) atoms. The van der Waals surface area contributed by atoms with Crippen molar-refractivity contribution < 1.29 is 26.2 Å². The number of hydrogen-bond acceptors (Lipinski definition) is 0. The number of fused-ring (bicyclic) bond motifs is 2. The summed E-state index contributed by atoms with van der Waals surface area (Å²) in [5.74, 6) is 6.33. The Kier molecular flexibility index (Phi) is 30.8. The van der Waals surface area contributed by atoms with Crippen molar-refractivity contribution in [3.63, 3.8) is 0 Å². The van der Waals surface area contributed by atoms with E-state index in [2.05, 4.69) is 27.7 Å². The summed E-state index contributed by atoms with van der Waals surface area (Å²) in [5, 5.41) is 0. The molecule has 1 heteroatoms. The standard InChI is InChI=1S/C24H42.4C2H6.3CH3.Zr/c1-23(2,21-13-17-9-5-6-10-18(17)14-21)24(3,4)22-15-19-11-7-8-12-20(19)16-22;4*1-2;;;;/h17-22H,5-16H2,1-4H3;4*1-2H3;3*1H3;/q;;;;;3*-1;+3. The van der Waals surface area contributed by atoms with Crippen molar-refractivity contribution in [3.05, 3.63) is 22.3 Å². The first-order valence-electron chi connectivity index (χ1n) is 15.4. The van der Waals surface area contributed by atoms with Crippen LogP contribution in [0, 0.1) is 68.6 Å². The fraction of sp³-hybridized carbons (Fsp3) is 0.914. The molecule has 0 aromatic heterocycles. The Morgan fingerprint density at radius 1 is 0.389 bits per heavy atom. The van der Waals surface area contributed by atoms with E-state index >= 15 is 0 Å². The maximum absolute atomic E-state index is 2.66. The van der Waals surface area contributed by atoms with E-state index in [1.54, 1.807) is 51.4 Å². The second-order valence-electron chi connectivity index (χ2n) is 11.4. The Morgan fingerprint density at radius 3 is 0.722 bits per heavy atom.